The Morgan fingerprint density at radius 2 is 1.96 bits per heavy atom. The summed E-state index contributed by atoms with van der Waals surface area (Å²) >= 11 is 0. The molecule has 0 aromatic heterocycles. The van der Waals surface area contributed by atoms with Gasteiger partial charge in [0.25, 0.3) is 5.91 Å². The van der Waals surface area contributed by atoms with Crippen molar-refractivity contribution in [3.63, 3.8) is 0 Å². The number of aliphatic hydroxyl groups excluding tert-OH is 1. The molecule has 27 heavy (non-hydrogen) atoms. The van der Waals surface area contributed by atoms with Crippen LogP contribution in [0, 0.1) is 5.92 Å². The number of nitrogens with one attached hydrogen (secondary N) is 1. The summed E-state index contributed by atoms with van der Waals surface area (Å²) in [6, 6.07) is 4.91. The molecule has 2 N–H and O–H groups in total. The van der Waals surface area contributed by atoms with Gasteiger partial charge in [-0.3, -0.25) is 9.59 Å². The first-order chi connectivity index (χ1) is 12.7. The lowest BCUT2D eigenvalue weighted by atomic mass is 9.92. The lowest BCUT2D eigenvalue weighted by Crippen LogP contribution is -2.43. The number of likely N-dealkylation sites (tertiary alicyclic amines) is 1. The van der Waals surface area contributed by atoms with Gasteiger partial charge in [0.2, 0.25) is 5.91 Å². The number of aliphatic hydroxyl groups is 1. The molecule has 0 spiro atoms. The van der Waals surface area contributed by atoms with E-state index in [-0.39, 0.29) is 18.4 Å². The summed E-state index contributed by atoms with van der Waals surface area (Å²) in [7, 11) is 0. The second-order valence-electron chi connectivity index (χ2n) is 6.96. The maximum Gasteiger partial charge on any atom is 0.416 e. The highest BCUT2D eigenvalue weighted by Gasteiger charge is 2.30. The molecule has 5 nitrogen and oxygen atoms in total. The first-order valence-electron chi connectivity index (χ1n) is 9.06. The molecule has 0 bridgehead atoms. The van der Waals surface area contributed by atoms with Crippen LogP contribution >= 0.6 is 0 Å². The van der Waals surface area contributed by atoms with Gasteiger partial charge in [-0.25, -0.2) is 0 Å². The van der Waals surface area contributed by atoms with Crippen LogP contribution < -0.4 is 5.32 Å². The molecular weight excluding hydrogens is 361 g/mol. The van der Waals surface area contributed by atoms with Crippen LogP contribution in [-0.4, -0.2) is 41.0 Å². The van der Waals surface area contributed by atoms with E-state index >= 15 is 0 Å². The molecule has 1 saturated heterocycles. The summed E-state index contributed by atoms with van der Waals surface area (Å²) in [4.78, 5) is 25.3. The topological polar surface area (TPSA) is 69.6 Å². The van der Waals surface area contributed by atoms with Gasteiger partial charge in [-0.15, -0.1) is 0 Å². The number of nitrogens with zero attached hydrogens (tertiary/aromatic N) is 1. The van der Waals surface area contributed by atoms with Crippen LogP contribution in [-0.2, 0) is 22.3 Å². The maximum atomic E-state index is 12.7. The molecule has 0 radical (unpaired) electrons. The van der Waals surface area contributed by atoms with Gasteiger partial charge in [-0.2, -0.15) is 13.2 Å². The van der Waals surface area contributed by atoms with Gasteiger partial charge in [-0.05, 0) is 49.8 Å². The van der Waals surface area contributed by atoms with E-state index in [0.717, 1.165) is 25.0 Å². The third-order valence-electron chi connectivity index (χ3n) is 4.81. The molecule has 2 amide bonds. The molecular formula is C19H25F3N2O3. The number of rotatable bonds is 6. The van der Waals surface area contributed by atoms with Crippen molar-refractivity contribution in [3.05, 3.63) is 35.4 Å². The minimum Gasteiger partial charge on any atom is -0.384 e. The molecule has 1 aliphatic heterocycles. The first kappa shape index (κ1) is 21.2. The van der Waals surface area contributed by atoms with Crippen molar-refractivity contribution in [1.29, 1.82) is 0 Å². The van der Waals surface area contributed by atoms with Gasteiger partial charge in [0.05, 0.1) is 5.56 Å². The van der Waals surface area contributed by atoms with Gasteiger partial charge in [0, 0.05) is 26.1 Å². The maximum absolute atomic E-state index is 12.7. The number of carbonyl (C=O) groups is 2. The summed E-state index contributed by atoms with van der Waals surface area (Å²) in [5.41, 5.74) is -0.323. The van der Waals surface area contributed by atoms with Crippen LogP contribution in [0.15, 0.2) is 24.3 Å². The van der Waals surface area contributed by atoms with Crippen molar-refractivity contribution in [2.45, 2.75) is 51.4 Å². The molecule has 8 heteroatoms. The normalized spacial score (nSPS) is 16.9. The van der Waals surface area contributed by atoms with E-state index in [2.05, 4.69) is 5.32 Å². The molecule has 0 aliphatic carbocycles. The molecule has 0 unspecified atom stereocenters. The SMILES string of the molecule is C[C@@H](O)C(=O)N1CCC(CCC(=O)NCc2cccc(C(F)(F)F)c2)CC1. The van der Waals surface area contributed by atoms with Gasteiger partial charge in [0.15, 0.2) is 0 Å². The Hall–Kier alpha value is -2.09. The van der Waals surface area contributed by atoms with Crippen molar-refractivity contribution in [3.8, 4) is 0 Å². The van der Waals surface area contributed by atoms with Crippen LogP contribution in [0.5, 0.6) is 0 Å². The zero-order valence-corrected chi connectivity index (χ0v) is 15.3. The van der Waals surface area contributed by atoms with E-state index in [1.54, 1.807) is 11.0 Å². The summed E-state index contributed by atoms with van der Waals surface area (Å²) < 4.78 is 38.1. The molecule has 1 heterocycles. The molecule has 2 rings (SSSR count). The number of amides is 2. The third kappa shape index (κ3) is 6.53. The van der Waals surface area contributed by atoms with Crippen molar-refractivity contribution in [2.24, 2.45) is 5.92 Å². The largest absolute Gasteiger partial charge is 0.416 e. The van der Waals surface area contributed by atoms with Crippen molar-refractivity contribution < 1.29 is 27.9 Å². The fourth-order valence-electron chi connectivity index (χ4n) is 3.19. The van der Waals surface area contributed by atoms with Crippen molar-refractivity contribution in [2.75, 3.05) is 13.1 Å². The lowest BCUT2D eigenvalue weighted by Gasteiger charge is -2.32. The van der Waals surface area contributed by atoms with Crippen LogP contribution in [0.3, 0.4) is 0 Å². The zero-order chi connectivity index (χ0) is 20.0. The van der Waals surface area contributed by atoms with Gasteiger partial charge in [0.1, 0.15) is 6.10 Å². The Labute approximate surface area is 156 Å². The van der Waals surface area contributed by atoms with Gasteiger partial charge >= 0.3 is 6.18 Å². The number of hydrogen-bond donors (Lipinski definition) is 2. The van der Waals surface area contributed by atoms with E-state index in [0.29, 0.717) is 37.4 Å². The van der Waals surface area contributed by atoms with Crippen LogP contribution in [0.2, 0.25) is 0 Å². The second-order valence-corrected chi connectivity index (χ2v) is 6.96. The second kappa shape index (κ2) is 9.21. The third-order valence-corrected chi connectivity index (χ3v) is 4.81. The summed E-state index contributed by atoms with van der Waals surface area (Å²) in [5.74, 6) is -0.149. The minimum atomic E-state index is -4.40. The van der Waals surface area contributed by atoms with E-state index in [4.69, 9.17) is 0 Å². The number of alkyl halides is 3. The predicted octanol–water partition coefficient (Wildman–Crippen LogP) is 2.72. The Balaban J connectivity index is 1.71. The molecule has 0 saturated carbocycles. The van der Waals surface area contributed by atoms with Crippen molar-refractivity contribution >= 4 is 11.8 Å². The van der Waals surface area contributed by atoms with Gasteiger partial charge < -0.3 is 15.3 Å². The lowest BCUT2D eigenvalue weighted by molar-refractivity contribution is -0.141. The molecule has 1 aliphatic rings. The summed E-state index contributed by atoms with van der Waals surface area (Å²) in [5, 5.41) is 12.0. The number of benzene rings is 1. The average molecular weight is 386 g/mol. The van der Waals surface area contributed by atoms with E-state index in [9.17, 15) is 27.9 Å². The fraction of sp³-hybridized carbons (Fsp3) is 0.579. The van der Waals surface area contributed by atoms with Crippen LogP contribution in [0.25, 0.3) is 0 Å². The van der Waals surface area contributed by atoms with E-state index < -0.39 is 17.8 Å². The first-order valence-corrected chi connectivity index (χ1v) is 9.06. The highest BCUT2D eigenvalue weighted by atomic mass is 19.4. The zero-order valence-electron chi connectivity index (χ0n) is 15.3. The highest BCUT2D eigenvalue weighted by molar-refractivity contribution is 5.80. The average Bonchev–Trinajstić information content (AvgIpc) is 2.64. The minimum absolute atomic E-state index is 0.0596. The highest BCUT2D eigenvalue weighted by Crippen LogP contribution is 2.29. The number of halogens is 3. The Kier molecular flexibility index (Phi) is 7.24. The number of carbonyl (C=O) groups excluding carboxylic acids is 2. The summed E-state index contributed by atoms with van der Waals surface area (Å²) in [6.45, 7) is 2.65. The van der Waals surface area contributed by atoms with Gasteiger partial charge in [-0.1, -0.05) is 12.1 Å². The molecule has 1 aromatic rings. The smallest absolute Gasteiger partial charge is 0.384 e. The quantitative estimate of drug-likeness (QED) is 0.790. The Bertz CT molecular complexity index is 654. The van der Waals surface area contributed by atoms with E-state index in [1.165, 1.54) is 13.0 Å². The molecule has 150 valence electrons. The molecule has 1 fully saturated rings. The predicted molar refractivity (Wildman–Crippen MR) is 93.5 cm³/mol. The fourth-order valence-corrected chi connectivity index (χ4v) is 3.19. The van der Waals surface area contributed by atoms with Crippen molar-refractivity contribution in [1.82, 2.24) is 10.2 Å². The molecule has 1 aromatic carbocycles. The summed E-state index contributed by atoms with van der Waals surface area (Å²) in [6.07, 6.45) is -2.87. The molecule has 1 atom stereocenters. The van der Waals surface area contributed by atoms with Crippen LogP contribution in [0.1, 0.15) is 43.7 Å². The standard InChI is InChI=1S/C19H25F3N2O3/c1-13(25)18(27)24-9-7-14(8-10-24)5-6-17(26)23-12-15-3-2-4-16(11-15)19(20,21)22/h2-4,11,13-14,25H,5-10,12H2,1H3,(H,23,26)/t13-/m1/s1. The Morgan fingerprint density at radius 3 is 2.56 bits per heavy atom. The van der Waals surface area contributed by atoms with Crippen LogP contribution in [0.4, 0.5) is 13.2 Å². The monoisotopic (exact) mass is 386 g/mol. The van der Waals surface area contributed by atoms with E-state index in [1.807, 2.05) is 0 Å². The number of piperidine rings is 1. The number of hydrogen-bond acceptors (Lipinski definition) is 3. The Morgan fingerprint density at radius 1 is 1.30 bits per heavy atom.